The maximum absolute atomic E-state index is 14.2. The van der Waals surface area contributed by atoms with E-state index in [0.717, 1.165) is 28.0 Å². The van der Waals surface area contributed by atoms with Gasteiger partial charge in [0.1, 0.15) is 22.9 Å². The van der Waals surface area contributed by atoms with Crippen LogP contribution in [0.3, 0.4) is 0 Å². The molecular formula is C19H12F3N3O2S. The van der Waals surface area contributed by atoms with Crippen molar-refractivity contribution in [3.8, 4) is 0 Å². The average molecular weight is 403 g/mol. The molecule has 4 rings (SSSR count). The predicted molar refractivity (Wildman–Crippen MR) is 101 cm³/mol. The molecule has 5 nitrogen and oxygen atoms in total. The molecule has 142 valence electrons. The van der Waals surface area contributed by atoms with Crippen molar-refractivity contribution in [3.05, 3.63) is 70.0 Å². The first-order valence-electron chi connectivity index (χ1n) is 8.18. The number of halogens is 3. The summed E-state index contributed by atoms with van der Waals surface area (Å²) < 4.78 is 42.4. The quantitative estimate of drug-likeness (QED) is 0.563. The van der Waals surface area contributed by atoms with E-state index in [1.165, 1.54) is 19.1 Å². The van der Waals surface area contributed by atoms with Crippen molar-refractivity contribution in [2.45, 2.75) is 13.5 Å². The van der Waals surface area contributed by atoms with Gasteiger partial charge < -0.3 is 5.32 Å². The van der Waals surface area contributed by atoms with E-state index < -0.39 is 28.9 Å². The molecule has 0 atom stereocenters. The molecule has 0 aliphatic carbocycles. The van der Waals surface area contributed by atoms with Gasteiger partial charge >= 0.3 is 0 Å². The highest BCUT2D eigenvalue weighted by Crippen LogP contribution is 2.32. The van der Waals surface area contributed by atoms with Crippen LogP contribution in [0, 0.1) is 24.4 Å². The van der Waals surface area contributed by atoms with Crippen molar-refractivity contribution in [2.24, 2.45) is 0 Å². The summed E-state index contributed by atoms with van der Waals surface area (Å²) in [5.74, 6) is -2.97. The topological polar surface area (TPSA) is 64.0 Å². The normalized spacial score (nSPS) is 11.3. The standard InChI is InChI=1S/C19H12F3N3O2S/c1-9-23-17-16-12(21)3-2-4-14(16)28-18(17)19(27)25(9)8-15(26)24-10-5-6-11(20)13(22)7-10/h2-7H,8H2,1H3,(H,24,26). The number of fused-ring (bicyclic) bond motifs is 3. The third-order valence-electron chi connectivity index (χ3n) is 4.25. The van der Waals surface area contributed by atoms with E-state index in [0.29, 0.717) is 4.70 Å². The van der Waals surface area contributed by atoms with Gasteiger partial charge in [0, 0.05) is 16.5 Å². The summed E-state index contributed by atoms with van der Waals surface area (Å²) in [6, 6.07) is 7.49. The zero-order valence-electron chi connectivity index (χ0n) is 14.4. The second kappa shape index (κ2) is 6.75. The summed E-state index contributed by atoms with van der Waals surface area (Å²) in [7, 11) is 0. The van der Waals surface area contributed by atoms with Crippen molar-refractivity contribution in [1.29, 1.82) is 0 Å². The van der Waals surface area contributed by atoms with E-state index in [1.54, 1.807) is 12.1 Å². The fourth-order valence-electron chi connectivity index (χ4n) is 2.94. The van der Waals surface area contributed by atoms with Crippen LogP contribution in [0.25, 0.3) is 20.3 Å². The number of aryl methyl sites for hydroxylation is 1. The maximum Gasteiger partial charge on any atom is 0.272 e. The van der Waals surface area contributed by atoms with E-state index >= 15 is 0 Å². The van der Waals surface area contributed by atoms with Gasteiger partial charge in [0.25, 0.3) is 5.56 Å². The van der Waals surface area contributed by atoms with Crippen molar-refractivity contribution in [2.75, 3.05) is 5.32 Å². The zero-order valence-corrected chi connectivity index (χ0v) is 15.2. The molecule has 0 aliphatic heterocycles. The molecule has 0 radical (unpaired) electrons. The smallest absolute Gasteiger partial charge is 0.272 e. The van der Waals surface area contributed by atoms with Gasteiger partial charge in [-0.3, -0.25) is 14.2 Å². The highest BCUT2D eigenvalue weighted by molar-refractivity contribution is 7.25. The Balaban J connectivity index is 1.71. The van der Waals surface area contributed by atoms with Crippen molar-refractivity contribution >= 4 is 43.2 Å². The number of benzene rings is 2. The summed E-state index contributed by atoms with van der Waals surface area (Å²) >= 11 is 1.10. The fourth-order valence-corrected chi connectivity index (χ4v) is 4.04. The molecule has 0 aliphatic rings. The monoisotopic (exact) mass is 403 g/mol. The Morgan fingerprint density at radius 3 is 2.68 bits per heavy atom. The van der Waals surface area contributed by atoms with E-state index in [-0.39, 0.29) is 33.7 Å². The Morgan fingerprint density at radius 2 is 1.93 bits per heavy atom. The van der Waals surface area contributed by atoms with Gasteiger partial charge in [-0.15, -0.1) is 11.3 Å². The SMILES string of the molecule is Cc1nc2c(sc3cccc(F)c32)c(=O)n1CC(=O)Nc1ccc(F)c(F)c1. The van der Waals surface area contributed by atoms with Gasteiger partial charge in [0.15, 0.2) is 11.6 Å². The first-order valence-corrected chi connectivity index (χ1v) is 9.00. The maximum atomic E-state index is 14.2. The molecule has 0 spiro atoms. The number of aromatic nitrogens is 2. The minimum absolute atomic E-state index is 0.0626. The number of carbonyl (C=O) groups is 1. The largest absolute Gasteiger partial charge is 0.324 e. The van der Waals surface area contributed by atoms with Crippen LogP contribution in [0.4, 0.5) is 18.9 Å². The van der Waals surface area contributed by atoms with E-state index in [9.17, 15) is 22.8 Å². The lowest BCUT2D eigenvalue weighted by molar-refractivity contribution is -0.116. The molecule has 0 fully saturated rings. The van der Waals surface area contributed by atoms with E-state index in [1.807, 2.05) is 0 Å². The van der Waals surface area contributed by atoms with Crippen LogP contribution in [0.2, 0.25) is 0 Å². The van der Waals surface area contributed by atoms with Crippen molar-refractivity contribution < 1.29 is 18.0 Å². The number of thiophene rings is 1. The highest BCUT2D eigenvalue weighted by Gasteiger charge is 2.18. The summed E-state index contributed by atoms with van der Waals surface area (Å²) in [5, 5.41) is 2.69. The van der Waals surface area contributed by atoms with Gasteiger partial charge in [0.05, 0.1) is 10.9 Å². The third kappa shape index (κ3) is 3.03. The van der Waals surface area contributed by atoms with Crippen molar-refractivity contribution in [1.82, 2.24) is 9.55 Å². The van der Waals surface area contributed by atoms with Crippen LogP contribution in [0.5, 0.6) is 0 Å². The fraction of sp³-hybridized carbons (Fsp3) is 0.105. The van der Waals surface area contributed by atoms with E-state index in [2.05, 4.69) is 10.3 Å². The first kappa shape index (κ1) is 18.2. The molecule has 2 aromatic heterocycles. The lowest BCUT2D eigenvalue weighted by Gasteiger charge is -2.10. The lowest BCUT2D eigenvalue weighted by atomic mass is 10.2. The average Bonchev–Trinajstić information content (AvgIpc) is 3.02. The summed E-state index contributed by atoms with van der Waals surface area (Å²) in [5.41, 5.74) is -0.144. The molecule has 28 heavy (non-hydrogen) atoms. The Hall–Kier alpha value is -3.20. The highest BCUT2D eigenvalue weighted by atomic mass is 32.1. The number of nitrogens with zero attached hydrogens (tertiary/aromatic N) is 2. The van der Waals surface area contributed by atoms with Gasteiger partial charge in [-0.05, 0) is 31.2 Å². The second-order valence-electron chi connectivity index (χ2n) is 6.12. The summed E-state index contributed by atoms with van der Waals surface area (Å²) in [4.78, 5) is 29.4. The molecule has 9 heteroatoms. The Labute approximate surface area is 160 Å². The molecule has 0 bridgehead atoms. The molecule has 1 amide bonds. The molecule has 0 saturated carbocycles. The predicted octanol–water partition coefficient (Wildman–Crippen LogP) is 3.98. The molecular weight excluding hydrogens is 391 g/mol. The van der Waals surface area contributed by atoms with Gasteiger partial charge in [-0.2, -0.15) is 0 Å². The third-order valence-corrected chi connectivity index (χ3v) is 5.38. The summed E-state index contributed by atoms with van der Waals surface area (Å²) in [6.45, 7) is 1.17. The van der Waals surface area contributed by atoms with Crippen LogP contribution < -0.4 is 10.9 Å². The van der Waals surface area contributed by atoms with Gasteiger partial charge in [0.2, 0.25) is 5.91 Å². The number of carbonyl (C=O) groups excluding carboxylic acids is 1. The Morgan fingerprint density at radius 1 is 1.14 bits per heavy atom. The van der Waals surface area contributed by atoms with Gasteiger partial charge in [-0.25, -0.2) is 18.2 Å². The van der Waals surface area contributed by atoms with Crippen LogP contribution in [0.15, 0.2) is 41.2 Å². The van der Waals surface area contributed by atoms with Gasteiger partial charge in [-0.1, -0.05) is 6.07 Å². The summed E-state index contributed by atoms with van der Waals surface area (Å²) in [6.07, 6.45) is 0. The molecule has 2 heterocycles. The molecule has 1 N–H and O–H groups in total. The number of amides is 1. The number of rotatable bonds is 3. The van der Waals surface area contributed by atoms with Crippen LogP contribution in [-0.2, 0) is 11.3 Å². The number of hydrogen-bond acceptors (Lipinski definition) is 4. The Bertz CT molecular complexity index is 1310. The lowest BCUT2D eigenvalue weighted by Crippen LogP contribution is -2.29. The zero-order chi connectivity index (χ0) is 20.0. The van der Waals surface area contributed by atoms with Crippen LogP contribution >= 0.6 is 11.3 Å². The molecule has 0 unspecified atom stereocenters. The van der Waals surface area contributed by atoms with E-state index in [4.69, 9.17) is 0 Å². The van der Waals surface area contributed by atoms with Crippen LogP contribution in [-0.4, -0.2) is 15.5 Å². The number of anilines is 1. The molecule has 4 aromatic rings. The second-order valence-corrected chi connectivity index (χ2v) is 7.17. The molecule has 2 aromatic carbocycles. The molecule has 0 saturated heterocycles. The minimum atomic E-state index is -1.10. The minimum Gasteiger partial charge on any atom is -0.324 e. The number of nitrogens with one attached hydrogen (secondary N) is 1. The first-order chi connectivity index (χ1) is 13.3. The van der Waals surface area contributed by atoms with Crippen LogP contribution in [0.1, 0.15) is 5.82 Å². The number of hydrogen-bond donors (Lipinski definition) is 1. The Kier molecular flexibility index (Phi) is 4.38. The van der Waals surface area contributed by atoms with Crippen molar-refractivity contribution in [3.63, 3.8) is 0 Å².